The van der Waals surface area contributed by atoms with Crippen LogP contribution in [0.5, 0.6) is 0 Å². The highest BCUT2D eigenvalue weighted by atomic mass is 19.4. The van der Waals surface area contributed by atoms with Gasteiger partial charge in [-0.15, -0.1) is 0 Å². The number of carbonyl (C=O) groups excluding carboxylic acids is 3. The molecule has 8 nitrogen and oxygen atoms in total. The number of hydrogen-bond acceptors (Lipinski definition) is 4. The SMILES string of the molecule is COCCNC(=O)C1CN(C(=O)Nc2ccc(C)cc2)CCN1C(=O)c1ccc(C(F)(F)F)cc1. The summed E-state index contributed by atoms with van der Waals surface area (Å²) in [6, 6.07) is 9.58. The summed E-state index contributed by atoms with van der Waals surface area (Å²) < 4.78 is 43.6. The molecule has 1 aliphatic rings. The van der Waals surface area contributed by atoms with E-state index in [4.69, 9.17) is 4.74 Å². The molecule has 2 N–H and O–H groups in total. The predicted octanol–water partition coefficient (Wildman–Crippen LogP) is 3.13. The Kier molecular flexibility index (Phi) is 8.34. The third kappa shape index (κ3) is 6.72. The van der Waals surface area contributed by atoms with Crippen molar-refractivity contribution < 1.29 is 32.3 Å². The van der Waals surface area contributed by atoms with E-state index < -0.39 is 35.6 Å². The number of halogens is 3. The van der Waals surface area contributed by atoms with Gasteiger partial charge >= 0.3 is 12.2 Å². The second-order valence-corrected chi connectivity index (χ2v) is 8.12. The van der Waals surface area contributed by atoms with Crippen molar-refractivity contribution in [1.29, 1.82) is 0 Å². The number of anilines is 1. The molecule has 188 valence electrons. The zero-order valence-corrected chi connectivity index (χ0v) is 19.4. The average Bonchev–Trinajstić information content (AvgIpc) is 2.84. The van der Waals surface area contributed by atoms with Gasteiger partial charge in [0.2, 0.25) is 5.91 Å². The Labute approximate surface area is 201 Å². The summed E-state index contributed by atoms with van der Waals surface area (Å²) in [4.78, 5) is 41.5. The van der Waals surface area contributed by atoms with Crippen molar-refractivity contribution in [2.24, 2.45) is 0 Å². The zero-order valence-electron chi connectivity index (χ0n) is 19.4. The van der Waals surface area contributed by atoms with Gasteiger partial charge in [-0.1, -0.05) is 17.7 Å². The lowest BCUT2D eigenvalue weighted by Crippen LogP contribution is -2.62. The fourth-order valence-corrected chi connectivity index (χ4v) is 3.64. The highest BCUT2D eigenvalue weighted by Gasteiger charge is 2.38. The van der Waals surface area contributed by atoms with E-state index in [2.05, 4.69) is 10.6 Å². The molecule has 2 aromatic carbocycles. The molecule has 0 aromatic heterocycles. The highest BCUT2D eigenvalue weighted by Crippen LogP contribution is 2.29. The van der Waals surface area contributed by atoms with Gasteiger partial charge in [0.1, 0.15) is 6.04 Å². The van der Waals surface area contributed by atoms with E-state index in [9.17, 15) is 27.6 Å². The topological polar surface area (TPSA) is 91.0 Å². The lowest BCUT2D eigenvalue weighted by Gasteiger charge is -2.40. The molecule has 0 aliphatic carbocycles. The Morgan fingerprint density at radius 3 is 2.29 bits per heavy atom. The first kappa shape index (κ1) is 26.0. The standard InChI is InChI=1S/C24H27F3N4O4/c1-16-3-9-19(10-4-16)29-23(34)30-12-13-31(20(15-30)21(32)28-11-14-35-2)22(33)17-5-7-18(8-6-17)24(25,26)27/h3-10,20H,11-15H2,1-2H3,(H,28,32)(H,29,34). The first-order valence-corrected chi connectivity index (χ1v) is 11.0. The maximum atomic E-state index is 13.1. The van der Waals surface area contributed by atoms with Gasteiger partial charge < -0.3 is 25.2 Å². The van der Waals surface area contributed by atoms with Crippen molar-refractivity contribution in [3.05, 3.63) is 65.2 Å². The number of ether oxygens (including phenoxy) is 1. The largest absolute Gasteiger partial charge is 0.416 e. The molecule has 0 radical (unpaired) electrons. The van der Waals surface area contributed by atoms with Crippen molar-refractivity contribution >= 4 is 23.5 Å². The summed E-state index contributed by atoms with van der Waals surface area (Å²) in [6.07, 6.45) is -4.53. The maximum absolute atomic E-state index is 13.1. The Morgan fingerprint density at radius 2 is 1.69 bits per heavy atom. The maximum Gasteiger partial charge on any atom is 0.416 e. The van der Waals surface area contributed by atoms with Gasteiger partial charge in [0, 0.05) is 38.0 Å². The van der Waals surface area contributed by atoms with Crippen molar-refractivity contribution in [2.45, 2.75) is 19.1 Å². The van der Waals surface area contributed by atoms with Crippen molar-refractivity contribution in [2.75, 3.05) is 45.2 Å². The summed E-state index contributed by atoms with van der Waals surface area (Å²) in [5.74, 6) is -1.08. The quantitative estimate of drug-likeness (QED) is 0.607. The van der Waals surface area contributed by atoms with Gasteiger partial charge in [-0.3, -0.25) is 9.59 Å². The molecule has 35 heavy (non-hydrogen) atoms. The summed E-state index contributed by atoms with van der Waals surface area (Å²) in [5, 5.41) is 5.44. The van der Waals surface area contributed by atoms with E-state index in [0.29, 0.717) is 5.69 Å². The Morgan fingerprint density at radius 1 is 1.03 bits per heavy atom. The molecule has 1 fully saturated rings. The number of nitrogens with one attached hydrogen (secondary N) is 2. The van der Waals surface area contributed by atoms with Crippen molar-refractivity contribution in [1.82, 2.24) is 15.1 Å². The second-order valence-electron chi connectivity index (χ2n) is 8.12. The third-order valence-corrected chi connectivity index (χ3v) is 5.60. The van der Waals surface area contributed by atoms with E-state index in [1.807, 2.05) is 19.1 Å². The predicted molar refractivity (Wildman–Crippen MR) is 123 cm³/mol. The van der Waals surface area contributed by atoms with Crippen LogP contribution >= 0.6 is 0 Å². The summed E-state index contributed by atoms with van der Waals surface area (Å²) >= 11 is 0. The molecule has 3 rings (SSSR count). The number of aryl methyl sites for hydroxylation is 1. The monoisotopic (exact) mass is 492 g/mol. The van der Waals surface area contributed by atoms with E-state index >= 15 is 0 Å². The van der Waals surface area contributed by atoms with E-state index in [-0.39, 0.29) is 38.3 Å². The van der Waals surface area contributed by atoms with Gasteiger partial charge in [-0.05, 0) is 43.3 Å². The minimum absolute atomic E-state index is 0.0187. The number of alkyl halides is 3. The van der Waals surface area contributed by atoms with Crippen LogP contribution in [0.4, 0.5) is 23.7 Å². The summed E-state index contributed by atoms with van der Waals surface area (Å²) in [7, 11) is 1.48. The van der Waals surface area contributed by atoms with Crippen LogP contribution < -0.4 is 10.6 Å². The van der Waals surface area contributed by atoms with E-state index in [1.54, 1.807) is 12.1 Å². The van der Waals surface area contributed by atoms with E-state index in [1.165, 1.54) is 16.9 Å². The number of urea groups is 1. The lowest BCUT2D eigenvalue weighted by atomic mass is 10.1. The minimum Gasteiger partial charge on any atom is -0.383 e. The molecule has 1 unspecified atom stereocenters. The molecule has 0 saturated carbocycles. The van der Waals surface area contributed by atoms with Crippen molar-refractivity contribution in [3.63, 3.8) is 0 Å². The molecule has 4 amide bonds. The van der Waals surface area contributed by atoms with Gasteiger partial charge in [-0.25, -0.2) is 4.79 Å². The molecule has 11 heteroatoms. The summed E-state index contributed by atoms with van der Waals surface area (Å²) in [6.45, 7) is 2.47. The average molecular weight is 492 g/mol. The molecule has 1 aliphatic heterocycles. The Bertz CT molecular complexity index is 1040. The molecule has 2 aromatic rings. The molecule has 0 bridgehead atoms. The van der Waals surface area contributed by atoms with Crippen LogP contribution in [0, 0.1) is 6.92 Å². The number of methoxy groups -OCH3 is 1. The van der Waals surface area contributed by atoms with Crippen LogP contribution in [0.15, 0.2) is 48.5 Å². The first-order valence-electron chi connectivity index (χ1n) is 11.0. The Hall–Kier alpha value is -3.60. The van der Waals surface area contributed by atoms with Crippen LogP contribution in [0.1, 0.15) is 21.5 Å². The minimum atomic E-state index is -4.53. The van der Waals surface area contributed by atoms with Crippen LogP contribution in [-0.4, -0.2) is 73.6 Å². The fourth-order valence-electron chi connectivity index (χ4n) is 3.64. The van der Waals surface area contributed by atoms with E-state index in [0.717, 1.165) is 29.8 Å². The molecular weight excluding hydrogens is 465 g/mol. The lowest BCUT2D eigenvalue weighted by molar-refractivity contribution is -0.137. The molecular formula is C24H27F3N4O4. The van der Waals surface area contributed by atoms with Crippen molar-refractivity contribution in [3.8, 4) is 0 Å². The second kappa shape index (κ2) is 11.2. The van der Waals surface area contributed by atoms with Gasteiger partial charge in [-0.2, -0.15) is 13.2 Å². The molecule has 1 saturated heterocycles. The van der Waals surface area contributed by atoms with Crippen LogP contribution in [0.2, 0.25) is 0 Å². The van der Waals surface area contributed by atoms with Crippen LogP contribution in [0.3, 0.4) is 0 Å². The number of benzene rings is 2. The zero-order chi connectivity index (χ0) is 25.6. The molecule has 1 heterocycles. The smallest absolute Gasteiger partial charge is 0.383 e. The van der Waals surface area contributed by atoms with Gasteiger partial charge in [0.05, 0.1) is 18.7 Å². The first-order chi connectivity index (χ1) is 16.6. The Balaban J connectivity index is 1.76. The third-order valence-electron chi connectivity index (χ3n) is 5.60. The highest BCUT2D eigenvalue weighted by molar-refractivity contribution is 5.98. The number of nitrogens with zero attached hydrogens (tertiary/aromatic N) is 2. The van der Waals surface area contributed by atoms with Crippen LogP contribution in [-0.2, 0) is 15.7 Å². The normalized spacial score (nSPS) is 16.1. The molecule has 0 spiro atoms. The van der Waals surface area contributed by atoms with Crippen LogP contribution in [0.25, 0.3) is 0 Å². The number of rotatable bonds is 6. The summed E-state index contributed by atoms with van der Waals surface area (Å²) in [5.41, 5.74) is 0.766. The number of piperazine rings is 1. The fraction of sp³-hybridized carbons (Fsp3) is 0.375. The van der Waals surface area contributed by atoms with Gasteiger partial charge in [0.25, 0.3) is 5.91 Å². The number of carbonyl (C=O) groups is 3. The molecule has 1 atom stereocenters. The van der Waals surface area contributed by atoms with Gasteiger partial charge in [0.15, 0.2) is 0 Å². The number of amides is 4. The number of hydrogen-bond donors (Lipinski definition) is 2.